The highest BCUT2D eigenvalue weighted by molar-refractivity contribution is 6.34. The Morgan fingerprint density at radius 3 is 2.50 bits per heavy atom. The van der Waals surface area contributed by atoms with Crippen LogP contribution in [0.15, 0.2) is 49.0 Å². The third-order valence-corrected chi connectivity index (χ3v) is 3.79. The van der Waals surface area contributed by atoms with E-state index < -0.39 is 5.97 Å². The van der Waals surface area contributed by atoms with Gasteiger partial charge >= 0.3 is 5.97 Å². The molecular weight excluding hydrogens is 278 g/mol. The monoisotopic (exact) mass is 293 g/mol. The molecule has 0 aromatic heterocycles. The molecule has 0 bridgehead atoms. The van der Waals surface area contributed by atoms with Crippen LogP contribution >= 0.6 is 0 Å². The minimum Gasteiger partial charge on any atom is -0.465 e. The number of carbonyl (C=O) groups excluding carboxylic acids is 2. The number of methoxy groups -OCH3 is 1. The molecule has 4 nitrogen and oxygen atoms in total. The van der Waals surface area contributed by atoms with Gasteiger partial charge in [-0.25, -0.2) is 4.79 Å². The van der Waals surface area contributed by atoms with Crippen molar-refractivity contribution in [2.45, 2.75) is 6.92 Å². The van der Waals surface area contributed by atoms with Crippen LogP contribution in [0.1, 0.15) is 21.5 Å². The minimum absolute atomic E-state index is 0.178. The number of esters is 1. The van der Waals surface area contributed by atoms with Gasteiger partial charge in [-0.1, -0.05) is 24.8 Å². The SMILES string of the molecule is C=C1C(=O)N(c2ccccc2)c2cc(C(=O)OC)c(C)cc21. The molecule has 0 atom stereocenters. The van der Waals surface area contributed by atoms with Gasteiger partial charge in [-0.15, -0.1) is 0 Å². The molecule has 0 aliphatic carbocycles. The lowest BCUT2D eigenvalue weighted by Crippen LogP contribution is -2.20. The average Bonchev–Trinajstić information content (AvgIpc) is 2.78. The van der Waals surface area contributed by atoms with Gasteiger partial charge in [0.25, 0.3) is 5.91 Å². The van der Waals surface area contributed by atoms with E-state index in [1.165, 1.54) is 7.11 Å². The lowest BCUT2D eigenvalue weighted by molar-refractivity contribution is -0.112. The Kier molecular flexibility index (Phi) is 3.29. The van der Waals surface area contributed by atoms with Crippen molar-refractivity contribution < 1.29 is 14.3 Å². The lowest BCUT2D eigenvalue weighted by Gasteiger charge is -2.18. The number of nitrogens with zero attached hydrogens (tertiary/aromatic N) is 1. The van der Waals surface area contributed by atoms with Crippen LogP contribution < -0.4 is 4.90 Å². The van der Waals surface area contributed by atoms with Crippen molar-refractivity contribution in [3.8, 4) is 0 Å². The van der Waals surface area contributed by atoms with Gasteiger partial charge in [0.05, 0.1) is 18.4 Å². The molecule has 2 aromatic rings. The predicted octanol–water partition coefficient (Wildman–Crippen LogP) is 3.47. The number of ether oxygens (including phenoxy) is 1. The van der Waals surface area contributed by atoms with Crippen molar-refractivity contribution in [2.75, 3.05) is 12.0 Å². The first kappa shape index (κ1) is 14.1. The lowest BCUT2D eigenvalue weighted by atomic mass is 10.0. The van der Waals surface area contributed by atoms with E-state index in [0.29, 0.717) is 16.8 Å². The molecule has 0 spiro atoms. The van der Waals surface area contributed by atoms with Crippen molar-refractivity contribution in [1.29, 1.82) is 0 Å². The summed E-state index contributed by atoms with van der Waals surface area (Å²) in [7, 11) is 1.34. The maximum Gasteiger partial charge on any atom is 0.338 e. The zero-order chi connectivity index (χ0) is 15.9. The first-order valence-electron chi connectivity index (χ1n) is 6.86. The van der Waals surface area contributed by atoms with Crippen LogP contribution in [0.25, 0.3) is 5.57 Å². The highest BCUT2D eigenvalue weighted by atomic mass is 16.5. The molecule has 4 heteroatoms. The maximum absolute atomic E-state index is 12.5. The fourth-order valence-electron chi connectivity index (χ4n) is 2.65. The van der Waals surface area contributed by atoms with Crippen molar-refractivity contribution in [3.63, 3.8) is 0 Å². The normalized spacial score (nSPS) is 13.3. The van der Waals surface area contributed by atoms with Crippen LogP contribution in [0.2, 0.25) is 0 Å². The average molecular weight is 293 g/mol. The number of aryl methyl sites for hydroxylation is 1. The third-order valence-electron chi connectivity index (χ3n) is 3.79. The van der Waals surface area contributed by atoms with Gasteiger partial charge in [0, 0.05) is 16.8 Å². The summed E-state index contributed by atoms with van der Waals surface area (Å²) in [4.78, 5) is 26.0. The van der Waals surface area contributed by atoms with Gasteiger partial charge in [-0.05, 0) is 36.8 Å². The summed E-state index contributed by atoms with van der Waals surface area (Å²) < 4.78 is 4.81. The Balaban J connectivity index is 2.21. The van der Waals surface area contributed by atoms with Crippen LogP contribution in [0.3, 0.4) is 0 Å². The van der Waals surface area contributed by atoms with Gasteiger partial charge in [-0.2, -0.15) is 0 Å². The molecular formula is C18H15NO3. The summed E-state index contributed by atoms with van der Waals surface area (Å²) in [5.41, 5.74) is 3.79. The van der Waals surface area contributed by atoms with Gasteiger partial charge in [0.1, 0.15) is 0 Å². The topological polar surface area (TPSA) is 46.6 Å². The maximum atomic E-state index is 12.5. The summed E-state index contributed by atoms with van der Waals surface area (Å²) in [6.07, 6.45) is 0. The summed E-state index contributed by atoms with van der Waals surface area (Å²) in [6, 6.07) is 12.8. The molecule has 0 N–H and O–H groups in total. The van der Waals surface area contributed by atoms with Gasteiger partial charge in [0.2, 0.25) is 0 Å². The number of rotatable bonds is 2. The standard InChI is InChI=1S/C18H15NO3/c1-11-9-15-12(2)17(20)19(13-7-5-4-6-8-13)16(15)10-14(11)18(21)22-3/h4-10H,2H2,1,3H3. The molecule has 1 aliphatic heterocycles. The van der Waals surface area contributed by atoms with Crippen molar-refractivity contribution in [2.24, 2.45) is 0 Å². The second kappa shape index (κ2) is 5.15. The number of hydrogen-bond donors (Lipinski definition) is 0. The first-order valence-corrected chi connectivity index (χ1v) is 6.86. The van der Waals surface area contributed by atoms with Crippen LogP contribution in [-0.2, 0) is 9.53 Å². The van der Waals surface area contributed by atoms with Crippen molar-refractivity contribution >= 4 is 28.8 Å². The molecule has 0 saturated carbocycles. The predicted molar refractivity (Wildman–Crippen MR) is 85.1 cm³/mol. The molecule has 110 valence electrons. The number of benzene rings is 2. The molecule has 2 aromatic carbocycles. The summed E-state index contributed by atoms with van der Waals surface area (Å²) in [5.74, 6) is -0.596. The van der Waals surface area contributed by atoms with Crippen LogP contribution in [-0.4, -0.2) is 19.0 Å². The third kappa shape index (κ3) is 2.00. The Morgan fingerprint density at radius 2 is 1.86 bits per heavy atom. The zero-order valence-electron chi connectivity index (χ0n) is 12.4. The van der Waals surface area contributed by atoms with Crippen molar-refractivity contribution in [1.82, 2.24) is 0 Å². The van der Waals surface area contributed by atoms with Crippen LogP contribution in [0, 0.1) is 6.92 Å². The molecule has 0 radical (unpaired) electrons. The second-order valence-corrected chi connectivity index (χ2v) is 5.13. The second-order valence-electron chi connectivity index (χ2n) is 5.13. The van der Waals surface area contributed by atoms with Crippen LogP contribution in [0.5, 0.6) is 0 Å². The summed E-state index contributed by atoms with van der Waals surface area (Å²) in [6.45, 7) is 5.70. The molecule has 1 aliphatic rings. The highest BCUT2D eigenvalue weighted by Crippen LogP contribution is 2.42. The van der Waals surface area contributed by atoms with Gasteiger partial charge < -0.3 is 4.74 Å². The molecule has 0 unspecified atom stereocenters. The molecule has 0 saturated heterocycles. The minimum atomic E-state index is -0.418. The molecule has 3 rings (SSSR count). The van der Waals surface area contributed by atoms with Gasteiger partial charge in [0.15, 0.2) is 0 Å². The molecule has 1 amide bonds. The van der Waals surface area contributed by atoms with E-state index in [2.05, 4.69) is 6.58 Å². The van der Waals surface area contributed by atoms with E-state index in [9.17, 15) is 9.59 Å². The number of carbonyl (C=O) groups is 2. The Labute approximate surface area is 128 Å². The van der Waals surface area contributed by atoms with Gasteiger partial charge in [-0.3, -0.25) is 9.69 Å². The van der Waals surface area contributed by atoms with E-state index in [1.807, 2.05) is 43.3 Å². The van der Waals surface area contributed by atoms with E-state index in [4.69, 9.17) is 4.74 Å². The number of fused-ring (bicyclic) bond motifs is 1. The Hall–Kier alpha value is -2.88. The molecule has 0 fully saturated rings. The van der Waals surface area contributed by atoms with Crippen LogP contribution in [0.4, 0.5) is 11.4 Å². The number of para-hydroxylation sites is 1. The number of amides is 1. The summed E-state index contributed by atoms with van der Waals surface area (Å²) in [5, 5.41) is 0. The molecule has 22 heavy (non-hydrogen) atoms. The number of hydrogen-bond acceptors (Lipinski definition) is 3. The molecule has 1 heterocycles. The first-order chi connectivity index (χ1) is 10.5. The summed E-state index contributed by atoms with van der Waals surface area (Å²) >= 11 is 0. The fraction of sp³-hybridized carbons (Fsp3) is 0.111. The van der Waals surface area contributed by atoms with E-state index >= 15 is 0 Å². The van der Waals surface area contributed by atoms with Crippen molar-refractivity contribution in [3.05, 3.63) is 65.7 Å². The zero-order valence-corrected chi connectivity index (χ0v) is 12.4. The Morgan fingerprint density at radius 1 is 1.18 bits per heavy atom. The Bertz CT molecular complexity index is 793. The van der Waals surface area contributed by atoms with E-state index in [0.717, 1.165) is 16.8 Å². The van der Waals surface area contributed by atoms with E-state index in [-0.39, 0.29) is 5.91 Å². The largest absolute Gasteiger partial charge is 0.465 e. The smallest absolute Gasteiger partial charge is 0.338 e. The highest BCUT2D eigenvalue weighted by Gasteiger charge is 2.33. The fourth-order valence-corrected chi connectivity index (χ4v) is 2.65. The van der Waals surface area contributed by atoms with E-state index in [1.54, 1.807) is 11.0 Å². The number of anilines is 2. The quantitative estimate of drug-likeness (QED) is 0.629.